The fourth-order valence-corrected chi connectivity index (χ4v) is 2.65. The van der Waals surface area contributed by atoms with Gasteiger partial charge in [-0.2, -0.15) is 0 Å². The highest BCUT2D eigenvalue weighted by Gasteiger charge is 2.11. The van der Waals surface area contributed by atoms with Crippen LogP contribution in [0.4, 0.5) is 5.69 Å². The maximum atomic E-state index is 12.0. The minimum Gasteiger partial charge on any atom is -0.397 e. The molecule has 0 atom stereocenters. The standard InChI is InChI=1S/C13H17N3OS/c1-3-16-8-10(14)6-12(16)13(17)15-7-11-5-4-9(2)18-11/h4-6,8H,3,7,14H2,1-2H3,(H,15,17). The van der Waals surface area contributed by atoms with Crippen molar-refractivity contribution in [2.75, 3.05) is 5.73 Å². The lowest BCUT2D eigenvalue weighted by atomic mass is 10.3. The first-order valence-electron chi connectivity index (χ1n) is 5.89. The van der Waals surface area contributed by atoms with E-state index in [1.165, 1.54) is 4.88 Å². The lowest BCUT2D eigenvalue weighted by Crippen LogP contribution is -2.24. The van der Waals surface area contributed by atoms with E-state index in [1.54, 1.807) is 23.6 Å². The van der Waals surface area contributed by atoms with E-state index in [-0.39, 0.29) is 5.91 Å². The van der Waals surface area contributed by atoms with Crippen LogP contribution in [0.2, 0.25) is 0 Å². The summed E-state index contributed by atoms with van der Waals surface area (Å²) in [6, 6.07) is 5.80. The molecule has 2 aromatic rings. The molecule has 0 saturated carbocycles. The van der Waals surface area contributed by atoms with Crippen molar-refractivity contribution in [2.24, 2.45) is 0 Å². The molecule has 2 rings (SSSR count). The van der Waals surface area contributed by atoms with Gasteiger partial charge in [0.05, 0.1) is 12.2 Å². The molecule has 0 radical (unpaired) electrons. The summed E-state index contributed by atoms with van der Waals surface area (Å²) < 4.78 is 1.85. The van der Waals surface area contributed by atoms with E-state index in [1.807, 2.05) is 17.6 Å². The van der Waals surface area contributed by atoms with E-state index in [0.717, 1.165) is 11.4 Å². The molecule has 0 aliphatic heterocycles. The van der Waals surface area contributed by atoms with Gasteiger partial charge in [-0.25, -0.2) is 0 Å². The van der Waals surface area contributed by atoms with Crippen LogP contribution in [-0.2, 0) is 13.1 Å². The van der Waals surface area contributed by atoms with Crippen molar-refractivity contribution in [3.63, 3.8) is 0 Å². The van der Waals surface area contributed by atoms with Gasteiger partial charge in [0, 0.05) is 22.5 Å². The molecule has 4 nitrogen and oxygen atoms in total. The molecular formula is C13H17N3OS. The zero-order valence-electron chi connectivity index (χ0n) is 10.6. The van der Waals surface area contributed by atoms with Crippen molar-refractivity contribution in [1.29, 1.82) is 0 Å². The fraction of sp³-hybridized carbons (Fsp3) is 0.308. The third kappa shape index (κ3) is 2.73. The Labute approximate surface area is 110 Å². The van der Waals surface area contributed by atoms with E-state index in [0.29, 0.717) is 17.9 Å². The second kappa shape index (κ2) is 5.27. The Hall–Kier alpha value is -1.75. The van der Waals surface area contributed by atoms with Crippen LogP contribution >= 0.6 is 11.3 Å². The first-order chi connectivity index (χ1) is 8.60. The quantitative estimate of drug-likeness (QED) is 0.889. The number of anilines is 1. The van der Waals surface area contributed by atoms with E-state index in [9.17, 15) is 4.79 Å². The largest absolute Gasteiger partial charge is 0.397 e. The topological polar surface area (TPSA) is 60.0 Å². The SMILES string of the molecule is CCn1cc(N)cc1C(=O)NCc1ccc(C)s1. The summed E-state index contributed by atoms with van der Waals surface area (Å²) in [7, 11) is 0. The summed E-state index contributed by atoms with van der Waals surface area (Å²) in [5.41, 5.74) is 6.94. The lowest BCUT2D eigenvalue weighted by Gasteiger charge is -2.06. The van der Waals surface area contributed by atoms with Gasteiger partial charge >= 0.3 is 0 Å². The molecule has 18 heavy (non-hydrogen) atoms. The number of amides is 1. The van der Waals surface area contributed by atoms with E-state index in [2.05, 4.69) is 18.3 Å². The number of rotatable bonds is 4. The highest BCUT2D eigenvalue weighted by molar-refractivity contribution is 7.11. The molecule has 3 N–H and O–H groups in total. The molecule has 1 amide bonds. The van der Waals surface area contributed by atoms with Crippen LogP contribution in [0.25, 0.3) is 0 Å². The predicted octanol–water partition coefficient (Wildman–Crippen LogP) is 2.39. The molecule has 0 aliphatic carbocycles. The van der Waals surface area contributed by atoms with Gasteiger partial charge in [0.2, 0.25) is 0 Å². The number of nitrogens with one attached hydrogen (secondary N) is 1. The number of hydrogen-bond acceptors (Lipinski definition) is 3. The number of nitrogen functional groups attached to an aromatic ring is 1. The molecule has 0 saturated heterocycles. The van der Waals surface area contributed by atoms with E-state index < -0.39 is 0 Å². The number of hydrogen-bond donors (Lipinski definition) is 2. The Morgan fingerprint density at radius 3 is 2.89 bits per heavy atom. The lowest BCUT2D eigenvalue weighted by molar-refractivity contribution is 0.0942. The van der Waals surface area contributed by atoms with Gasteiger partial charge in [-0.15, -0.1) is 11.3 Å². The molecule has 0 spiro atoms. The highest BCUT2D eigenvalue weighted by Crippen LogP contribution is 2.15. The van der Waals surface area contributed by atoms with Crippen LogP contribution in [0.5, 0.6) is 0 Å². The molecule has 0 unspecified atom stereocenters. The van der Waals surface area contributed by atoms with Crippen LogP contribution in [0, 0.1) is 6.92 Å². The number of nitrogens with two attached hydrogens (primary N) is 1. The molecular weight excluding hydrogens is 246 g/mol. The Bertz CT molecular complexity index is 556. The van der Waals surface area contributed by atoms with Gasteiger partial charge in [-0.3, -0.25) is 4.79 Å². The molecule has 96 valence electrons. The van der Waals surface area contributed by atoms with Crippen LogP contribution in [0.3, 0.4) is 0 Å². The summed E-state index contributed by atoms with van der Waals surface area (Å²) in [6.45, 7) is 5.34. The van der Waals surface area contributed by atoms with Crippen molar-refractivity contribution >= 4 is 22.9 Å². The average Bonchev–Trinajstić information content (AvgIpc) is 2.92. The van der Waals surface area contributed by atoms with Crippen LogP contribution in [-0.4, -0.2) is 10.5 Å². The zero-order valence-corrected chi connectivity index (χ0v) is 11.4. The van der Waals surface area contributed by atoms with Gasteiger partial charge in [0.15, 0.2) is 0 Å². The van der Waals surface area contributed by atoms with Gasteiger partial charge < -0.3 is 15.6 Å². The molecule has 5 heteroatoms. The summed E-state index contributed by atoms with van der Waals surface area (Å²) >= 11 is 1.69. The molecule has 0 fully saturated rings. The zero-order chi connectivity index (χ0) is 13.1. The fourth-order valence-electron chi connectivity index (χ4n) is 1.82. The Morgan fingerprint density at radius 2 is 2.28 bits per heavy atom. The Kier molecular flexibility index (Phi) is 3.72. The number of aromatic nitrogens is 1. The third-order valence-electron chi connectivity index (χ3n) is 2.71. The number of aryl methyl sites for hydroxylation is 2. The minimum absolute atomic E-state index is 0.0837. The molecule has 0 aromatic carbocycles. The first-order valence-corrected chi connectivity index (χ1v) is 6.71. The molecule has 2 heterocycles. The smallest absolute Gasteiger partial charge is 0.268 e. The van der Waals surface area contributed by atoms with Crippen molar-refractivity contribution in [2.45, 2.75) is 26.9 Å². The molecule has 0 aliphatic rings. The predicted molar refractivity (Wildman–Crippen MR) is 74.7 cm³/mol. The Balaban J connectivity index is 2.03. The van der Waals surface area contributed by atoms with Gasteiger partial charge in [0.25, 0.3) is 5.91 Å². The summed E-state index contributed by atoms with van der Waals surface area (Å²) in [6.07, 6.45) is 1.78. The Morgan fingerprint density at radius 1 is 1.50 bits per heavy atom. The maximum Gasteiger partial charge on any atom is 0.268 e. The normalized spacial score (nSPS) is 10.6. The monoisotopic (exact) mass is 263 g/mol. The summed E-state index contributed by atoms with van der Waals surface area (Å²) in [4.78, 5) is 14.4. The van der Waals surface area contributed by atoms with Gasteiger partial charge in [0.1, 0.15) is 5.69 Å². The second-order valence-corrected chi connectivity index (χ2v) is 5.51. The summed E-state index contributed by atoms with van der Waals surface area (Å²) in [5, 5.41) is 2.91. The average molecular weight is 263 g/mol. The maximum absolute atomic E-state index is 12.0. The second-order valence-electron chi connectivity index (χ2n) is 4.14. The van der Waals surface area contributed by atoms with Crippen molar-refractivity contribution in [3.8, 4) is 0 Å². The minimum atomic E-state index is -0.0837. The van der Waals surface area contributed by atoms with Crippen LogP contribution in [0.15, 0.2) is 24.4 Å². The van der Waals surface area contributed by atoms with Crippen molar-refractivity contribution < 1.29 is 4.79 Å². The number of carbonyl (C=O) groups excluding carboxylic acids is 1. The van der Waals surface area contributed by atoms with Gasteiger partial charge in [-0.05, 0) is 32.0 Å². The number of nitrogens with zero attached hydrogens (tertiary/aromatic N) is 1. The van der Waals surface area contributed by atoms with Gasteiger partial charge in [-0.1, -0.05) is 0 Å². The van der Waals surface area contributed by atoms with Crippen LogP contribution < -0.4 is 11.1 Å². The molecule has 2 aromatic heterocycles. The highest BCUT2D eigenvalue weighted by atomic mass is 32.1. The van der Waals surface area contributed by atoms with Crippen molar-refractivity contribution in [1.82, 2.24) is 9.88 Å². The number of thiophene rings is 1. The van der Waals surface area contributed by atoms with Crippen LogP contribution in [0.1, 0.15) is 27.2 Å². The third-order valence-corrected chi connectivity index (χ3v) is 3.71. The first kappa shape index (κ1) is 12.7. The van der Waals surface area contributed by atoms with E-state index >= 15 is 0 Å². The molecule has 0 bridgehead atoms. The summed E-state index contributed by atoms with van der Waals surface area (Å²) in [5.74, 6) is -0.0837. The van der Waals surface area contributed by atoms with E-state index in [4.69, 9.17) is 5.73 Å². The van der Waals surface area contributed by atoms with Crippen molar-refractivity contribution in [3.05, 3.63) is 39.8 Å². The number of carbonyl (C=O) groups is 1.